The van der Waals surface area contributed by atoms with Crippen molar-refractivity contribution in [3.05, 3.63) is 68.6 Å². The molecule has 1 atom stereocenters. The summed E-state index contributed by atoms with van der Waals surface area (Å²) in [5, 5.41) is 14.3. The number of nitrogens with one attached hydrogen (secondary N) is 1. The maximum absolute atomic E-state index is 13.3. The summed E-state index contributed by atoms with van der Waals surface area (Å²) in [6, 6.07) is 9.87. The first-order chi connectivity index (χ1) is 12.4. The fraction of sp³-hybridized carbons (Fsp3) is 0.111. The van der Waals surface area contributed by atoms with Crippen LogP contribution in [0.2, 0.25) is 0 Å². The zero-order valence-electron chi connectivity index (χ0n) is 13.2. The van der Waals surface area contributed by atoms with Crippen LogP contribution in [0.5, 0.6) is 0 Å². The van der Waals surface area contributed by atoms with E-state index in [0.29, 0.717) is 16.4 Å². The predicted octanol–water partition coefficient (Wildman–Crippen LogP) is 4.80. The maximum Gasteiger partial charge on any atom is 0.326 e. The van der Waals surface area contributed by atoms with Crippen LogP contribution in [-0.4, -0.2) is 22.1 Å². The highest BCUT2D eigenvalue weighted by molar-refractivity contribution is 14.1. The van der Waals surface area contributed by atoms with Crippen LogP contribution in [0.3, 0.4) is 0 Å². The molecule has 0 aliphatic heterocycles. The van der Waals surface area contributed by atoms with Crippen molar-refractivity contribution in [1.82, 2.24) is 4.98 Å². The van der Waals surface area contributed by atoms with Gasteiger partial charge in [0.05, 0.1) is 5.69 Å². The molecule has 4 nitrogen and oxygen atoms in total. The molecule has 134 valence electrons. The zero-order valence-corrected chi connectivity index (χ0v) is 16.2. The number of hydrogen-bond donors (Lipinski definition) is 2. The molecule has 0 amide bonds. The van der Waals surface area contributed by atoms with Gasteiger partial charge < -0.3 is 10.4 Å². The van der Waals surface area contributed by atoms with Crippen LogP contribution in [0.25, 0.3) is 11.3 Å². The summed E-state index contributed by atoms with van der Waals surface area (Å²) in [4.78, 5) is 15.8. The summed E-state index contributed by atoms with van der Waals surface area (Å²) >= 11 is 3.36. The number of halogens is 3. The molecule has 3 aromatic rings. The van der Waals surface area contributed by atoms with Crippen LogP contribution in [0, 0.1) is 15.2 Å². The predicted molar refractivity (Wildman–Crippen MR) is 105 cm³/mol. The molecule has 0 spiro atoms. The summed E-state index contributed by atoms with van der Waals surface area (Å²) in [6.07, 6.45) is 0.287. The van der Waals surface area contributed by atoms with Crippen molar-refractivity contribution in [2.45, 2.75) is 12.5 Å². The SMILES string of the molecule is O=C(O)[C@H](Cc1ccc(I)cc1)Nc1nc(-c2cc(F)cc(F)c2)cs1. The van der Waals surface area contributed by atoms with E-state index in [-0.39, 0.29) is 6.42 Å². The second-order valence-corrected chi connectivity index (χ2v) is 7.67. The number of carboxylic acids is 1. The number of aliphatic carboxylic acids is 1. The molecular formula is C18H13F2IN2O2S. The molecule has 1 heterocycles. The first-order valence-electron chi connectivity index (χ1n) is 7.56. The van der Waals surface area contributed by atoms with Crippen molar-refractivity contribution in [2.75, 3.05) is 5.32 Å². The van der Waals surface area contributed by atoms with E-state index in [1.165, 1.54) is 23.5 Å². The van der Waals surface area contributed by atoms with E-state index in [0.717, 1.165) is 15.2 Å². The van der Waals surface area contributed by atoms with Gasteiger partial charge in [0, 0.05) is 27.0 Å². The van der Waals surface area contributed by atoms with Crippen LogP contribution in [0.1, 0.15) is 5.56 Å². The van der Waals surface area contributed by atoms with E-state index in [9.17, 15) is 18.7 Å². The van der Waals surface area contributed by atoms with Gasteiger partial charge >= 0.3 is 5.97 Å². The third-order valence-electron chi connectivity index (χ3n) is 3.61. The van der Waals surface area contributed by atoms with Gasteiger partial charge in [-0.1, -0.05) is 12.1 Å². The lowest BCUT2D eigenvalue weighted by molar-refractivity contribution is -0.137. The van der Waals surface area contributed by atoms with Gasteiger partial charge in [0.1, 0.15) is 17.7 Å². The lowest BCUT2D eigenvalue weighted by Gasteiger charge is -2.13. The Balaban J connectivity index is 1.76. The Labute approximate surface area is 166 Å². The lowest BCUT2D eigenvalue weighted by Crippen LogP contribution is -2.31. The molecule has 0 unspecified atom stereocenters. The number of hydrogen-bond acceptors (Lipinski definition) is 4. The summed E-state index contributed by atoms with van der Waals surface area (Å²) < 4.78 is 27.8. The maximum atomic E-state index is 13.3. The van der Waals surface area contributed by atoms with Crippen LogP contribution in [0.15, 0.2) is 47.8 Å². The molecule has 0 radical (unpaired) electrons. The largest absolute Gasteiger partial charge is 0.480 e. The lowest BCUT2D eigenvalue weighted by atomic mass is 10.1. The van der Waals surface area contributed by atoms with E-state index in [2.05, 4.69) is 32.9 Å². The second kappa shape index (κ2) is 8.09. The minimum absolute atomic E-state index is 0.287. The third-order valence-corrected chi connectivity index (χ3v) is 5.10. The number of carboxylic acid groups (broad SMARTS) is 1. The molecule has 0 saturated carbocycles. The molecule has 0 fully saturated rings. The van der Waals surface area contributed by atoms with Crippen molar-refractivity contribution in [3.8, 4) is 11.3 Å². The van der Waals surface area contributed by atoms with Gasteiger partial charge in [0.25, 0.3) is 0 Å². The Morgan fingerprint density at radius 1 is 1.19 bits per heavy atom. The van der Waals surface area contributed by atoms with Crippen molar-refractivity contribution < 1.29 is 18.7 Å². The van der Waals surface area contributed by atoms with E-state index in [4.69, 9.17) is 0 Å². The van der Waals surface area contributed by atoms with Crippen molar-refractivity contribution in [2.24, 2.45) is 0 Å². The molecular weight excluding hydrogens is 473 g/mol. The van der Waals surface area contributed by atoms with Gasteiger partial charge in [0.15, 0.2) is 5.13 Å². The summed E-state index contributed by atoms with van der Waals surface area (Å²) in [5.74, 6) is -2.38. The Morgan fingerprint density at radius 2 is 1.85 bits per heavy atom. The van der Waals surface area contributed by atoms with E-state index in [1.54, 1.807) is 5.38 Å². The number of aromatic nitrogens is 1. The molecule has 2 N–H and O–H groups in total. The number of nitrogens with zero attached hydrogens (tertiary/aromatic N) is 1. The van der Waals surface area contributed by atoms with E-state index < -0.39 is 23.6 Å². The number of carbonyl (C=O) groups is 1. The average Bonchev–Trinajstić information content (AvgIpc) is 3.04. The zero-order chi connectivity index (χ0) is 18.7. The minimum Gasteiger partial charge on any atom is -0.480 e. The van der Waals surface area contributed by atoms with Gasteiger partial charge in [-0.2, -0.15) is 0 Å². The first-order valence-corrected chi connectivity index (χ1v) is 9.52. The van der Waals surface area contributed by atoms with E-state index >= 15 is 0 Å². The topological polar surface area (TPSA) is 62.2 Å². The molecule has 26 heavy (non-hydrogen) atoms. The Bertz CT molecular complexity index is 911. The molecule has 2 aromatic carbocycles. The molecule has 0 aliphatic rings. The summed E-state index contributed by atoms with van der Waals surface area (Å²) in [7, 11) is 0. The smallest absolute Gasteiger partial charge is 0.326 e. The number of rotatable bonds is 6. The van der Waals surface area contributed by atoms with Crippen molar-refractivity contribution in [3.63, 3.8) is 0 Å². The molecule has 0 bridgehead atoms. The average molecular weight is 486 g/mol. The number of thiazole rings is 1. The summed E-state index contributed by atoms with van der Waals surface area (Å²) in [5.41, 5.74) is 1.57. The second-order valence-electron chi connectivity index (χ2n) is 5.56. The van der Waals surface area contributed by atoms with Crippen molar-refractivity contribution in [1.29, 1.82) is 0 Å². The van der Waals surface area contributed by atoms with Crippen LogP contribution in [0.4, 0.5) is 13.9 Å². The highest BCUT2D eigenvalue weighted by Gasteiger charge is 2.19. The van der Waals surface area contributed by atoms with Crippen LogP contribution >= 0.6 is 33.9 Å². The van der Waals surface area contributed by atoms with Crippen LogP contribution in [-0.2, 0) is 11.2 Å². The van der Waals surface area contributed by atoms with Gasteiger partial charge in [0.2, 0.25) is 0 Å². The summed E-state index contributed by atoms with van der Waals surface area (Å²) in [6.45, 7) is 0. The van der Waals surface area contributed by atoms with Gasteiger partial charge in [-0.3, -0.25) is 0 Å². The van der Waals surface area contributed by atoms with Gasteiger partial charge in [-0.05, 0) is 52.4 Å². The Kier molecular flexibility index (Phi) is 5.82. The van der Waals surface area contributed by atoms with Crippen molar-refractivity contribution >= 4 is 45.0 Å². The Hall–Kier alpha value is -2.07. The standard InChI is InChI=1S/C18H13F2IN2O2S/c19-12-6-11(7-13(20)8-12)16-9-26-18(23-16)22-15(17(24)25)5-10-1-3-14(21)4-2-10/h1-4,6-9,15H,5H2,(H,22,23)(H,24,25)/t15-/m0/s1. The number of benzene rings is 2. The first kappa shape index (κ1) is 18.7. The fourth-order valence-electron chi connectivity index (χ4n) is 2.38. The number of anilines is 1. The normalized spacial score (nSPS) is 12.0. The highest BCUT2D eigenvalue weighted by atomic mass is 127. The minimum atomic E-state index is -1.00. The third kappa shape index (κ3) is 4.76. The van der Waals surface area contributed by atoms with Gasteiger partial charge in [-0.25, -0.2) is 18.6 Å². The molecule has 1 aromatic heterocycles. The van der Waals surface area contributed by atoms with Crippen LogP contribution < -0.4 is 5.32 Å². The molecule has 3 rings (SSSR count). The Morgan fingerprint density at radius 3 is 2.46 bits per heavy atom. The quantitative estimate of drug-likeness (QED) is 0.492. The molecule has 0 saturated heterocycles. The molecule has 0 aliphatic carbocycles. The monoisotopic (exact) mass is 486 g/mol. The van der Waals surface area contributed by atoms with E-state index in [1.807, 2.05) is 24.3 Å². The van der Waals surface area contributed by atoms with Gasteiger partial charge in [-0.15, -0.1) is 11.3 Å². The highest BCUT2D eigenvalue weighted by Crippen LogP contribution is 2.27. The molecule has 8 heteroatoms. The fourth-order valence-corrected chi connectivity index (χ4v) is 3.51.